The summed E-state index contributed by atoms with van der Waals surface area (Å²) >= 11 is 0. The SMILES string of the molecule is CC(C)(N)CCc1ccc(F)c([N+](=O)[O-])c1. The highest BCUT2D eigenvalue weighted by molar-refractivity contribution is 5.36. The van der Waals surface area contributed by atoms with Crippen LogP contribution in [0.25, 0.3) is 0 Å². The van der Waals surface area contributed by atoms with Crippen molar-refractivity contribution in [3.63, 3.8) is 0 Å². The Labute approximate surface area is 93.4 Å². The number of hydrogen-bond donors (Lipinski definition) is 1. The Morgan fingerprint density at radius 2 is 2.12 bits per heavy atom. The maximum atomic E-state index is 13.0. The van der Waals surface area contributed by atoms with Crippen molar-refractivity contribution in [2.75, 3.05) is 0 Å². The molecular formula is C11H15FN2O2. The first-order chi connectivity index (χ1) is 7.29. The van der Waals surface area contributed by atoms with Gasteiger partial charge in [0.25, 0.3) is 0 Å². The normalized spacial score (nSPS) is 11.5. The van der Waals surface area contributed by atoms with E-state index >= 15 is 0 Å². The van der Waals surface area contributed by atoms with Crippen LogP contribution in [-0.2, 0) is 6.42 Å². The molecule has 0 radical (unpaired) electrons. The summed E-state index contributed by atoms with van der Waals surface area (Å²) in [6.07, 6.45) is 1.29. The summed E-state index contributed by atoms with van der Waals surface area (Å²) in [6, 6.07) is 3.94. The van der Waals surface area contributed by atoms with Gasteiger partial charge in [0.15, 0.2) is 0 Å². The van der Waals surface area contributed by atoms with Gasteiger partial charge in [0.05, 0.1) is 4.92 Å². The molecule has 0 bridgehead atoms. The molecule has 88 valence electrons. The minimum atomic E-state index is -0.805. The average molecular weight is 226 g/mol. The molecule has 0 aromatic heterocycles. The Bertz CT molecular complexity index is 399. The van der Waals surface area contributed by atoms with Gasteiger partial charge in [-0.05, 0) is 38.3 Å². The maximum absolute atomic E-state index is 13.0. The topological polar surface area (TPSA) is 69.2 Å². The summed E-state index contributed by atoms with van der Waals surface area (Å²) in [7, 11) is 0. The van der Waals surface area contributed by atoms with Crippen LogP contribution in [0.4, 0.5) is 10.1 Å². The molecule has 5 heteroatoms. The lowest BCUT2D eigenvalue weighted by molar-refractivity contribution is -0.387. The van der Waals surface area contributed by atoms with E-state index < -0.39 is 16.4 Å². The summed E-state index contributed by atoms with van der Waals surface area (Å²) in [5, 5.41) is 10.5. The van der Waals surface area contributed by atoms with Gasteiger partial charge in [-0.3, -0.25) is 10.1 Å². The largest absolute Gasteiger partial charge is 0.326 e. The zero-order valence-corrected chi connectivity index (χ0v) is 9.37. The summed E-state index contributed by atoms with van der Waals surface area (Å²) in [5.41, 5.74) is 5.72. The lowest BCUT2D eigenvalue weighted by Gasteiger charge is -2.17. The number of benzene rings is 1. The Kier molecular flexibility index (Phi) is 3.59. The van der Waals surface area contributed by atoms with Crippen LogP contribution < -0.4 is 5.73 Å². The number of halogens is 1. The first kappa shape index (κ1) is 12.6. The van der Waals surface area contributed by atoms with Crippen molar-refractivity contribution >= 4 is 5.69 Å². The Balaban J connectivity index is 2.83. The van der Waals surface area contributed by atoms with Gasteiger partial charge in [0, 0.05) is 11.6 Å². The second kappa shape index (κ2) is 4.57. The smallest absolute Gasteiger partial charge is 0.305 e. The molecule has 0 aliphatic heterocycles. The number of nitro groups is 1. The van der Waals surface area contributed by atoms with E-state index in [0.717, 1.165) is 11.6 Å². The predicted molar refractivity (Wildman–Crippen MR) is 59.6 cm³/mol. The first-order valence-electron chi connectivity index (χ1n) is 5.01. The highest BCUT2D eigenvalue weighted by Gasteiger charge is 2.16. The second-order valence-corrected chi connectivity index (χ2v) is 4.53. The van der Waals surface area contributed by atoms with Gasteiger partial charge in [0.1, 0.15) is 0 Å². The van der Waals surface area contributed by atoms with Gasteiger partial charge < -0.3 is 5.73 Å². The summed E-state index contributed by atoms with van der Waals surface area (Å²) in [5.74, 6) is -0.805. The third kappa shape index (κ3) is 3.58. The lowest BCUT2D eigenvalue weighted by Crippen LogP contribution is -2.32. The number of hydrogen-bond acceptors (Lipinski definition) is 3. The van der Waals surface area contributed by atoms with Gasteiger partial charge in [-0.25, -0.2) is 0 Å². The van der Waals surface area contributed by atoms with Crippen LogP contribution in [0, 0.1) is 15.9 Å². The average Bonchev–Trinajstić information content (AvgIpc) is 2.14. The minimum Gasteiger partial charge on any atom is -0.326 e. The first-order valence-corrected chi connectivity index (χ1v) is 5.01. The second-order valence-electron chi connectivity index (χ2n) is 4.53. The molecule has 1 rings (SSSR count). The molecule has 0 spiro atoms. The molecule has 16 heavy (non-hydrogen) atoms. The van der Waals surface area contributed by atoms with Crippen LogP contribution in [-0.4, -0.2) is 10.5 Å². The van der Waals surface area contributed by atoms with E-state index in [0.29, 0.717) is 12.8 Å². The molecule has 1 aromatic carbocycles. The van der Waals surface area contributed by atoms with E-state index in [1.165, 1.54) is 6.07 Å². The van der Waals surface area contributed by atoms with Crippen molar-refractivity contribution < 1.29 is 9.31 Å². The minimum absolute atomic E-state index is 0.330. The fourth-order valence-electron chi connectivity index (χ4n) is 1.32. The highest BCUT2D eigenvalue weighted by Crippen LogP contribution is 2.20. The van der Waals surface area contributed by atoms with E-state index in [-0.39, 0.29) is 5.54 Å². The van der Waals surface area contributed by atoms with Gasteiger partial charge in [0.2, 0.25) is 5.82 Å². The van der Waals surface area contributed by atoms with Crippen LogP contribution >= 0.6 is 0 Å². The quantitative estimate of drug-likeness (QED) is 0.633. The number of rotatable bonds is 4. The summed E-state index contributed by atoms with van der Waals surface area (Å²) in [6.45, 7) is 3.76. The van der Waals surface area contributed by atoms with Crippen LogP contribution in [0.2, 0.25) is 0 Å². The van der Waals surface area contributed by atoms with E-state index in [4.69, 9.17) is 5.73 Å². The highest BCUT2D eigenvalue weighted by atomic mass is 19.1. The van der Waals surface area contributed by atoms with Crippen LogP contribution in [0.3, 0.4) is 0 Å². The van der Waals surface area contributed by atoms with Gasteiger partial charge in [-0.1, -0.05) is 6.07 Å². The van der Waals surface area contributed by atoms with E-state index in [1.54, 1.807) is 6.07 Å². The third-order valence-corrected chi connectivity index (χ3v) is 2.27. The van der Waals surface area contributed by atoms with Crippen LogP contribution in [0.15, 0.2) is 18.2 Å². The molecule has 0 atom stereocenters. The molecule has 2 N–H and O–H groups in total. The number of aryl methyl sites for hydroxylation is 1. The number of nitrogens with zero attached hydrogens (tertiary/aromatic N) is 1. The molecular weight excluding hydrogens is 211 g/mol. The van der Waals surface area contributed by atoms with Gasteiger partial charge >= 0.3 is 5.69 Å². The zero-order valence-electron chi connectivity index (χ0n) is 9.37. The third-order valence-electron chi connectivity index (χ3n) is 2.27. The Morgan fingerprint density at radius 1 is 1.50 bits per heavy atom. The maximum Gasteiger partial charge on any atom is 0.305 e. The Hall–Kier alpha value is -1.49. The van der Waals surface area contributed by atoms with E-state index in [2.05, 4.69) is 0 Å². The predicted octanol–water partition coefficient (Wildman–Crippen LogP) is 2.40. The molecule has 1 aromatic rings. The van der Waals surface area contributed by atoms with Crippen molar-refractivity contribution in [3.05, 3.63) is 39.7 Å². The van der Waals surface area contributed by atoms with Crippen molar-refractivity contribution in [2.24, 2.45) is 5.73 Å². The van der Waals surface area contributed by atoms with Crippen LogP contribution in [0.1, 0.15) is 25.8 Å². The fraction of sp³-hybridized carbons (Fsp3) is 0.455. The molecule has 0 fully saturated rings. The molecule has 0 saturated heterocycles. The molecule has 0 aliphatic carbocycles. The summed E-state index contributed by atoms with van der Waals surface area (Å²) < 4.78 is 13.0. The Morgan fingerprint density at radius 3 is 2.62 bits per heavy atom. The van der Waals surface area contributed by atoms with Crippen molar-refractivity contribution in [3.8, 4) is 0 Å². The standard InChI is InChI=1S/C11H15FN2O2/c1-11(2,13)6-5-8-3-4-9(12)10(7-8)14(15)16/h3-4,7H,5-6,13H2,1-2H3. The monoisotopic (exact) mass is 226 g/mol. The molecule has 0 saturated carbocycles. The van der Waals surface area contributed by atoms with Crippen molar-refractivity contribution in [1.29, 1.82) is 0 Å². The van der Waals surface area contributed by atoms with Crippen molar-refractivity contribution in [2.45, 2.75) is 32.2 Å². The molecule has 0 unspecified atom stereocenters. The number of nitro benzene ring substituents is 1. The van der Waals surface area contributed by atoms with E-state index in [9.17, 15) is 14.5 Å². The van der Waals surface area contributed by atoms with E-state index in [1.807, 2.05) is 13.8 Å². The molecule has 0 heterocycles. The number of nitrogens with two attached hydrogens (primary N) is 1. The molecule has 0 aliphatic rings. The fourth-order valence-corrected chi connectivity index (χ4v) is 1.32. The molecule has 4 nitrogen and oxygen atoms in total. The zero-order chi connectivity index (χ0) is 12.3. The van der Waals surface area contributed by atoms with Gasteiger partial charge in [-0.15, -0.1) is 0 Å². The molecule has 0 amide bonds. The van der Waals surface area contributed by atoms with Crippen molar-refractivity contribution in [1.82, 2.24) is 0 Å². The lowest BCUT2D eigenvalue weighted by atomic mass is 9.96. The van der Waals surface area contributed by atoms with Gasteiger partial charge in [-0.2, -0.15) is 4.39 Å². The van der Waals surface area contributed by atoms with Crippen LogP contribution in [0.5, 0.6) is 0 Å². The summed E-state index contributed by atoms with van der Waals surface area (Å²) in [4.78, 5) is 9.80.